The summed E-state index contributed by atoms with van der Waals surface area (Å²) >= 11 is 0. The fourth-order valence-electron chi connectivity index (χ4n) is 3.46. The Hall–Kier alpha value is -4.39. The number of anilines is 2. The Bertz CT molecular complexity index is 1310. The average Bonchev–Trinajstić information content (AvgIpc) is 3.30. The fraction of sp³-hybridized carbons (Fsp3) is 0.179. The maximum atomic E-state index is 13.1. The highest BCUT2D eigenvalue weighted by atomic mass is 16.5. The largest absolute Gasteiger partial charge is 0.496 e. The molecule has 0 atom stereocenters. The van der Waals surface area contributed by atoms with E-state index in [4.69, 9.17) is 4.74 Å². The molecule has 7 heteroatoms. The second kappa shape index (κ2) is 11.2. The highest BCUT2D eigenvalue weighted by molar-refractivity contribution is 5.95. The van der Waals surface area contributed by atoms with E-state index in [2.05, 4.69) is 64.0 Å². The summed E-state index contributed by atoms with van der Waals surface area (Å²) in [4.78, 5) is 17.6. The first kappa shape index (κ1) is 23.8. The predicted octanol–water partition coefficient (Wildman–Crippen LogP) is 5.48. The Balaban J connectivity index is 1.54. The Kier molecular flexibility index (Phi) is 7.57. The first-order chi connectivity index (χ1) is 17.0. The van der Waals surface area contributed by atoms with Crippen molar-refractivity contribution in [2.75, 3.05) is 17.7 Å². The molecule has 0 fully saturated rings. The SMILES string of the molecule is COc1ccccc1C=CC(=O)n1nc(NCc2ccc(C)cc2)nc1NCc1ccc(C)cc1. The molecule has 1 aromatic heterocycles. The van der Waals surface area contributed by atoms with E-state index in [1.807, 2.05) is 43.3 Å². The van der Waals surface area contributed by atoms with Crippen LogP contribution in [0.3, 0.4) is 0 Å². The number of methoxy groups -OCH3 is 1. The fourth-order valence-corrected chi connectivity index (χ4v) is 3.46. The highest BCUT2D eigenvalue weighted by Crippen LogP contribution is 2.19. The number of aryl methyl sites for hydroxylation is 2. The van der Waals surface area contributed by atoms with Gasteiger partial charge in [0.2, 0.25) is 11.9 Å². The van der Waals surface area contributed by atoms with Gasteiger partial charge in [-0.1, -0.05) is 77.9 Å². The van der Waals surface area contributed by atoms with Crippen molar-refractivity contribution in [1.82, 2.24) is 14.8 Å². The van der Waals surface area contributed by atoms with Crippen LogP contribution in [0.4, 0.5) is 11.9 Å². The van der Waals surface area contributed by atoms with Gasteiger partial charge in [0.05, 0.1) is 7.11 Å². The number of allylic oxidation sites excluding steroid dienone is 1. The second-order valence-electron chi connectivity index (χ2n) is 8.26. The molecule has 4 rings (SSSR count). The number of aromatic nitrogens is 3. The predicted molar refractivity (Wildman–Crippen MR) is 140 cm³/mol. The number of hydrogen-bond acceptors (Lipinski definition) is 6. The molecule has 178 valence electrons. The summed E-state index contributed by atoms with van der Waals surface area (Å²) in [6.07, 6.45) is 3.18. The molecular weight excluding hydrogens is 438 g/mol. The standard InChI is InChI=1S/C28H29N5O2/c1-20-8-12-22(13-9-20)18-29-27-31-28(30-19-23-14-10-21(2)11-15-23)33(32-27)26(34)17-16-24-6-4-5-7-25(24)35-3/h4-17H,18-19H2,1-3H3,(H2,29,30,31,32). The number of nitrogens with one attached hydrogen (secondary N) is 2. The molecule has 0 spiro atoms. The third-order valence-electron chi connectivity index (χ3n) is 5.50. The van der Waals surface area contributed by atoms with Crippen LogP contribution in [0, 0.1) is 13.8 Å². The number of carbonyl (C=O) groups is 1. The monoisotopic (exact) mass is 467 g/mol. The molecule has 0 aliphatic carbocycles. The molecule has 0 aliphatic rings. The van der Waals surface area contributed by atoms with Crippen LogP contribution in [0.25, 0.3) is 6.08 Å². The minimum Gasteiger partial charge on any atom is -0.496 e. The van der Waals surface area contributed by atoms with E-state index in [0.29, 0.717) is 30.7 Å². The van der Waals surface area contributed by atoms with Crippen molar-refractivity contribution < 1.29 is 9.53 Å². The minimum atomic E-state index is -0.321. The molecule has 0 unspecified atom stereocenters. The lowest BCUT2D eigenvalue weighted by atomic mass is 10.1. The van der Waals surface area contributed by atoms with Gasteiger partial charge >= 0.3 is 0 Å². The smallest absolute Gasteiger partial charge is 0.274 e. The molecule has 0 bridgehead atoms. The van der Waals surface area contributed by atoms with Crippen molar-refractivity contribution >= 4 is 23.9 Å². The molecule has 0 aliphatic heterocycles. The van der Waals surface area contributed by atoms with E-state index in [1.54, 1.807) is 13.2 Å². The third-order valence-corrected chi connectivity index (χ3v) is 5.50. The van der Waals surface area contributed by atoms with Gasteiger partial charge in [-0.25, -0.2) is 0 Å². The van der Waals surface area contributed by atoms with Crippen molar-refractivity contribution in [3.63, 3.8) is 0 Å². The Morgan fingerprint density at radius 2 is 1.49 bits per heavy atom. The first-order valence-electron chi connectivity index (χ1n) is 11.4. The van der Waals surface area contributed by atoms with Gasteiger partial charge in [0, 0.05) is 24.7 Å². The van der Waals surface area contributed by atoms with Crippen LogP contribution in [0.5, 0.6) is 5.75 Å². The van der Waals surface area contributed by atoms with E-state index in [1.165, 1.54) is 21.9 Å². The van der Waals surface area contributed by atoms with Gasteiger partial charge in [-0.3, -0.25) is 4.79 Å². The summed E-state index contributed by atoms with van der Waals surface area (Å²) < 4.78 is 6.64. The summed E-state index contributed by atoms with van der Waals surface area (Å²) in [5.74, 6) is 1.11. The van der Waals surface area contributed by atoms with Crippen LogP contribution >= 0.6 is 0 Å². The van der Waals surface area contributed by atoms with Crippen LogP contribution in [-0.4, -0.2) is 27.8 Å². The Morgan fingerprint density at radius 1 is 0.886 bits per heavy atom. The number of carbonyl (C=O) groups excluding carboxylic acids is 1. The van der Waals surface area contributed by atoms with E-state index < -0.39 is 0 Å². The van der Waals surface area contributed by atoms with Gasteiger partial charge < -0.3 is 15.4 Å². The molecule has 4 aromatic rings. The van der Waals surface area contributed by atoms with Crippen LogP contribution in [-0.2, 0) is 13.1 Å². The lowest BCUT2D eigenvalue weighted by molar-refractivity contribution is 0.0957. The van der Waals surface area contributed by atoms with Gasteiger partial charge in [-0.15, -0.1) is 5.10 Å². The molecule has 0 radical (unpaired) electrons. The molecule has 2 N–H and O–H groups in total. The summed E-state index contributed by atoms with van der Waals surface area (Å²) in [6, 6.07) is 23.9. The zero-order chi connectivity index (χ0) is 24.6. The molecule has 1 heterocycles. The molecule has 0 saturated carbocycles. The number of rotatable bonds is 9. The van der Waals surface area contributed by atoms with E-state index in [0.717, 1.165) is 16.7 Å². The van der Waals surface area contributed by atoms with Crippen LogP contribution in [0.1, 0.15) is 32.6 Å². The van der Waals surface area contributed by atoms with Crippen molar-refractivity contribution in [1.29, 1.82) is 0 Å². The summed E-state index contributed by atoms with van der Waals surface area (Å²) in [5, 5.41) is 10.9. The highest BCUT2D eigenvalue weighted by Gasteiger charge is 2.15. The lowest BCUT2D eigenvalue weighted by Gasteiger charge is -2.06. The number of nitrogens with zero attached hydrogens (tertiary/aromatic N) is 3. The summed E-state index contributed by atoms with van der Waals surface area (Å²) in [6.45, 7) is 5.16. The van der Waals surface area contributed by atoms with E-state index in [-0.39, 0.29) is 5.91 Å². The number of ether oxygens (including phenoxy) is 1. The average molecular weight is 468 g/mol. The number of hydrogen-bond donors (Lipinski definition) is 2. The molecule has 0 amide bonds. The normalized spacial score (nSPS) is 10.9. The Labute approximate surface area is 205 Å². The quantitative estimate of drug-likeness (QED) is 0.317. The third kappa shape index (κ3) is 6.35. The van der Waals surface area contributed by atoms with Crippen LogP contribution < -0.4 is 15.4 Å². The molecule has 0 saturated heterocycles. The van der Waals surface area contributed by atoms with Crippen molar-refractivity contribution in [3.8, 4) is 5.75 Å². The van der Waals surface area contributed by atoms with Crippen molar-refractivity contribution in [3.05, 3.63) is 107 Å². The maximum absolute atomic E-state index is 13.1. The van der Waals surface area contributed by atoms with Gasteiger partial charge in [0.25, 0.3) is 5.91 Å². The topological polar surface area (TPSA) is 81.1 Å². The van der Waals surface area contributed by atoms with Crippen molar-refractivity contribution in [2.45, 2.75) is 26.9 Å². The lowest BCUT2D eigenvalue weighted by Crippen LogP contribution is -2.14. The molecular formula is C28H29N5O2. The molecule has 35 heavy (non-hydrogen) atoms. The zero-order valence-electron chi connectivity index (χ0n) is 20.2. The van der Waals surface area contributed by atoms with Gasteiger partial charge in [-0.2, -0.15) is 9.67 Å². The van der Waals surface area contributed by atoms with E-state index >= 15 is 0 Å². The Morgan fingerprint density at radius 3 is 2.11 bits per heavy atom. The number of benzene rings is 3. The first-order valence-corrected chi connectivity index (χ1v) is 11.4. The van der Waals surface area contributed by atoms with Crippen LogP contribution in [0.15, 0.2) is 78.9 Å². The van der Waals surface area contributed by atoms with E-state index in [9.17, 15) is 4.79 Å². The van der Waals surface area contributed by atoms with Gasteiger partial charge in [0.1, 0.15) is 5.75 Å². The molecule has 7 nitrogen and oxygen atoms in total. The van der Waals surface area contributed by atoms with Gasteiger partial charge in [0.15, 0.2) is 0 Å². The maximum Gasteiger partial charge on any atom is 0.274 e. The zero-order valence-corrected chi connectivity index (χ0v) is 20.2. The second-order valence-corrected chi connectivity index (χ2v) is 8.26. The number of para-hydroxylation sites is 1. The van der Waals surface area contributed by atoms with Crippen molar-refractivity contribution in [2.24, 2.45) is 0 Å². The van der Waals surface area contributed by atoms with Crippen LogP contribution in [0.2, 0.25) is 0 Å². The van der Waals surface area contributed by atoms with Gasteiger partial charge in [-0.05, 0) is 37.1 Å². The molecule has 3 aromatic carbocycles. The minimum absolute atomic E-state index is 0.321. The summed E-state index contributed by atoms with van der Waals surface area (Å²) in [5.41, 5.74) is 5.37. The summed E-state index contributed by atoms with van der Waals surface area (Å²) in [7, 11) is 1.60.